The van der Waals surface area contributed by atoms with Crippen molar-refractivity contribution in [2.45, 2.75) is 18.9 Å². The molecule has 22 heavy (non-hydrogen) atoms. The molecule has 1 aliphatic rings. The van der Waals surface area contributed by atoms with Gasteiger partial charge in [-0.25, -0.2) is 0 Å². The quantitative estimate of drug-likeness (QED) is 0.638. The van der Waals surface area contributed by atoms with Gasteiger partial charge in [-0.05, 0) is 25.0 Å². The van der Waals surface area contributed by atoms with E-state index in [0.29, 0.717) is 13.0 Å². The van der Waals surface area contributed by atoms with Gasteiger partial charge in [0.05, 0.1) is 5.69 Å². The van der Waals surface area contributed by atoms with Crippen molar-refractivity contribution in [2.75, 3.05) is 12.0 Å². The molecule has 2 N–H and O–H groups in total. The van der Waals surface area contributed by atoms with Crippen LogP contribution in [0.2, 0.25) is 0 Å². The van der Waals surface area contributed by atoms with Gasteiger partial charge in [0, 0.05) is 29.7 Å². The van der Waals surface area contributed by atoms with Crippen LogP contribution in [0.1, 0.15) is 12.8 Å². The fraction of sp³-hybridized carbons (Fsp3) is 0.267. The number of nitrogens with one attached hydrogen (secondary N) is 2. The lowest BCUT2D eigenvalue weighted by Gasteiger charge is -2.32. The van der Waals surface area contributed by atoms with E-state index in [1.54, 1.807) is 17.4 Å². The molecule has 114 valence electrons. The predicted molar refractivity (Wildman–Crippen MR) is 80.4 cm³/mol. The summed E-state index contributed by atoms with van der Waals surface area (Å²) in [5.41, 5.74) is 6.46. The lowest BCUT2D eigenvalue weighted by Crippen LogP contribution is -2.52. The predicted octanol–water partition coefficient (Wildman–Crippen LogP) is 1.23. The lowest BCUT2D eigenvalue weighted by molar-refractivity contribution is -0.146. The number of pyridine rings is 1. The average molecular weight is 300 g/mol. The Kier molecular flexibility index (Phi) is 4.15. The summed E-state index contributed by atoms with van der Waals surface area (Å²) in [6.07, 6.45) is 4.93. The highest BCUT2D eigenvalue weighted by Crippen LogP contribution is 2.24. The second kappa shape index (κ2) is 6.40. The number of hydrazine groups is 1. The van der Waals surface area contributed by atoms with E-state index in [-0.39, 0.29) is 12.4 Å². The molecule has 1 saturated heterocycles. The molecule has 1 fully saturated rings. The van der Waals surface area contributed by atoms with Gasteiger partial charge in [0.25, 0.3) is 5.91 Å². The summed E-state index contributed by atoms with van der Waals surface area (Å²) in [6.45, 7) is 0.872. The maximum absolute atomic E-state index is 12.4. The number of nitrogens with zero attached hydrogens (tertiary/aromatic N) is 2. The Hall–Kier alpha value is -2.67. The Morgan fingerprint density at radius 1 is 1.36 bits per heavy atom. The Morgan fingerprint density at radius 3 is 3.14 bits per heavy atom. The van der Waals surface area contributed by atoms with Crippen molar-refractivity contribution < 1.29 is 14.4 Å². The fourth-order valence-corrected chi connectivity index (χ4v) is 2.57. The molecule has 7 heteroatoms. The highest BCUT2D eigenvalue weighted by molar-refractivity contribution is 5.94. The molecule has 0 saturated carbocycles. The van der Waals surface area contributed by atoms with Crippen LogP contribution in [0, 0.1) is 0 Å². The zero-order valence-corrected chi connectivity index (χ0v) is 11.9. The molecule has 2 aromatic rings. The Balaban J connectivity index is 1.79. The van der Waals surface area contributed by atoms with E-state index in [0.717, 1.165) is 22.9 Å². The van der Waals surface area contributed by atoms with Gasteiger partial charge in [-0.1, -0.05) is 12.1 Å². The minimum absolute atomic E-state index is 0.154. The van der Waals surface area contributed by atoms with Crippen molar-refractivity contribution in [1.82, 2.24) is 15.5 Å². The molecule has 0 spiro atoms. The highest BCUT2D eigenvalue weighted by Gasteiger charge is 2.29. The number of rotatable bonds is 5. The fourth-order valence-electron chi connectivity index (χ4n) is 2.57. The molecule has 7 nitrogen and oxygen atoms in total. The van der Waals surface area contributed by atoms with E-state index in [9.17, 15) is 9.59 Å². The summed E-state index contributed by atoms with van der Waals surface area (Å²) in [5, 5.41) is 3.53. The molecule has 2 heterocycles. The number of piperidine rings is 1. The van der Waals surface area contributed by atoms with Crippen LogP contribution in [-0.4, -0.2) is 35.0 Å². The van der Waals surface area contributed by atoms with Gasteiger partial charge in [0.15, 0.2) is 0 Å². The molecule has 1 unspecified atom stereocenters. The standard InChI is InChI=1S/C15H16N4O3/c20-10-22-18-14-5-2-8-19(15(14)21)17-13-4-1-3-11-9-16-7-6-12(11)13/h1,3-4,6-7,9-10,14,17-18H,2,5,8H2. The number of fused-ring (bicyclic) bond motifs is 1. The van der Waals surface area contributed by atoms with Crippen LogP contribution in [0.5, 0.6) is 0 Å². The van der Waals surface area contributed by atoms with Gasteiger partial charge in [-0.3, -0.25) is 25.0 Å². The Bertz CT molecular complexity index is 686. The molecular weight excluding hydrogens is 284 g/mol. The summed E-state index contributed by atoms with van der Waals surface area (Å²) >= 11 is 0. The Morgan fingerprint density at radius 2 is 2.27 bits per heavy atom. The second-order valence-corrected chi connectivity index (χ2v) is 5.03. The number of amides is 1. The lowest BCUT2D eigenvalue weighted by atomic mass is 10.1. The maximum atomic E-state index is 12.4. The summed E-state index contributed by atoms with van der Waals surface area (Å²) < 4.78 is 0. The van der Waals surface area contributed by atoms with Crippen molar-refractivity contribution in [3.05, 3.63) is 36.7 Å². The van der Waals surface area contributed by atoms with Crippen LogP contribution in [-0.2, 0) is 14.4 Å². The Labute approximate surface area is 127 Å². The maximum Gasteiger partial charge on any atom is 0.312 e. The first-order chi connectivity index (χ1) is 10.8. The van der Waals surface area contributed by atoms with Crippen LogP contribution in [0.4, 0.5) is 5.69 Å². The average Bonchev–Trinajstić information content (AvgIpc) is 2.56. The van der Waals surface area contributed by atoms with E-state index >= 15 is 0 Å². The van der Waals surface area contributed by atoms with E-state index in [1.807, 2.05) is 24.3 Å². The molecule has 1 aromatic carbocycles. The van der Waals surface area contributed by atoms with Crippen LogP contribution < -0.4 is 10.9 Å². The number of hydroxylamine groups is 1. The van der Waals surface area contributed by atoms with E-state index in [4.69, 9.17) is 0 Å². The molecule has 1 amide bonds. The third kappa shape index (κ3) is 2.84. The third-order valence-electron chi connectivity index (χ3n) is 3.63. The molecule has 0 bridgehead atoms. The number of aromatic nitrogens is 1. The van der Waals surface area contributed by atoms with E-state index in [1.165, 1.54) is 0 Å². The largest absolute Gasteiger partial charge is 0.373 e. The van der Waals surface area contributed by atoms with Gasteiger partial charge in [0.1, 0.15) is 6.04 Å². The van der Waals surface area contributed by atoms with Gasteiger partial charge in [0.2, 0.25) is 0 Å². The number of hydrogen-bond acceptors (Lipinski definition) is 6. The van der Waals surface area contributed by atoms with Crippen molar-refractivity contribution in [1.29, 1.82) is 0 Å². The van der Waals surface area contributed by atoms with Gasteiger partial charge in [-0.15, -0.1) is 5.48 Å². The smallest absolute Gasteiger partial charge is 0.312 e. The summed E-state index contributed by atoms with van der Waals surface area (Å²) in [7, 11) is 0. The first kappa shape index (κ1) is 14.3. The van der Waals surface area contributed by atoms with Crippen molar-refractivity contribution in [3.8, 4) is 0 Å². The van der Waals surface area contributed by atoms with E-state index < -0.39 is 6.04 Å². The van der Waals surface area contributed by atoms with E-state index in [2.05, 4.69) is 20.7 Å². The van der Waals surface area contributed by atoms with Crippen molar-refractivity contribution >= 4 is 28.8 Å². The molecule has 0 radical (unpaired) electrons. The van der Waals surface area contributed by atoms with Gasteiger partial charge in [-0.2, -0.15) is 0 Å². The van der Waals surface area contributed by atoms with Crippen LogP contribution in [0.3, 0.4) is 0 Å². The first-order valence-electron chi connectivity index (χ1n) is 7.05. The number of carbonyl (C=O) groups excluding carboxylic acids is 2. The molecule has 1 aromatic heterocycles. The van der Waals surface area contributed by atoms with Gasteiger partial charge < -0.3 is 4.84 Å². The monoisotopic (exact) mass is 300 g/mol. The molecule has 0 aliphatic carbocycles. The zero-order valence-electron chi connectivity index (χ0n) is 11.9. The molecule has 1 aliphatic heterocycles. The zero-order chi connectivity index (χ0) is 15.4. The second-order valence-electron chi connectivity index (χ2n) is 5.03. The summed E-state index contributed by atoms with van der Waals surface area (Å²) in [6, 6.07) is 7.16. The van der Waals surface area contributed by atoms with Crippen LogP contribution >= 0.6 is 0 Å². The number of hydrogen-bond donors (Lipinski definition) is 2. The first-order valence-corrected chi connectivity index (χ1v) is 7.05. The normalized spacial score (nSPS) is 18.3. The topological polar surface area (TPSA) is 83.6 Å². The number of anilines is 1. The molecule has 1 atom stereocenters. The minimum atomic E-state index is -0.525. The summed E-state index contributed by atoms with van der Waals surface area (Å²) in [5.74, 6) is -0.154. The van der Waals surface area contributed by atoms with Crippen LogP contribution in [0.15, 0.2) is 36.7 Å². The highest BCUT2D eigenvalue weighted by atomic mass is 16.7. The van der Waals surface area contributed by atoms with Gasteiger partial charge >= 0.3 is 6.47 Å². The van der Waals surface area contributed by atoms with Crippen LogP contribution in [0.25, 0.3) is 10.8 Å². The minimum Gasteiger partial charge on any atom is -0.373 e. The van der Waals surface area contributed by atoms with Crippen molar-refractivity contribution in [3.63, 3.8) is 0 Å². The molecular formula is C15H16N4O3. The SMILES string of the molecule is O=CONC1CCCN(Nc2cccc3cnccc23)C1=O. The summed E-state index contributed by atoms with van der Waals surface area (Å²) in [4.78, 5) is 31.2. The van der Waals surface area contributed by atoms with Crippen molar-refractivity contribution in [2.24, 2.45) is 0 Å². The number of carbonyl (C=O) groups is 2. The number of benzene rings is 1. The third-order valence-corrected chi connectivity index (χ3v) is 3.63. The molecule has 3 rings (SSSR count).